The van der Waals surface area contributed by atoms with Gasteiger partial charge in [0.25, 0.3) is 0 Å². The minimum atomic E-state index is 0.567. The Labute approximate surface area is 107 Å². The molecule has 2 N–H and O–H groups in total. The van der Waals surface area contributed by atoms with Gasteiger partial charge < -0.3 is 5.73 Å². The van der Waals surface area contributed by atoms with Crippen LogP contribution in [0.15, 0.2) is 35.4 Å². The molecule has 2 nitrogen and oxygen atoms in total. The van der Waals surface area contributed by atoms with E-state index in [9.17, 15) is 0 Å². The molecule has 0 aliphatic heterocycles. The summed E-state index contributed by atoms with van der Waals surface area (Å²) in [6, 6.07) is 10.3. The Morgan fingerprint density at radius 1 is 1.35 bits per heavy atom. The Bertz CT molecular complexity index is 511. The van der Waals surface area contributed by atoms with Crippen LogP contribution in [0.1, 0.15) is 25.8 Å². The van der Waals surface area contributed by atoms with E-state index >= 15 is 0 Å². The summed E-state index contributed by atoms with van der Waals surface area (Å²) >= 11 is 1.82. The molecule has 3 heteroatoms. The van der Waals surface area contributed by atoms with Crippen molar-refractivity contribution in [1.82, 2.24) is 4.98 Å². The van der Waals surface area contributed by atoms with Crippen LogP contribution in [0.25, 0.3) is 10.9 Å². The van der Waals surface area contributed by atoms with E-state index in [0.717, 1.165) is 17.0 Å². The highest BCUT2D eigenvalue weighted by atomic mass is 32.2. The third-order valence-electron chi connectivity index (χ3n) is 2.90. The van der Waals surface area contributed by atoms with Crippen LogP contribution in [0.2, 0.25) is 0 Å². The Kier molecular flexibility index (Phi) is 4.02. The summed E-state index contributed by atoms with van der Waals surface area (Å²) in [5.41, 5.74) is 8.04. The maximum atomic E-state index is 5.81. The van der Waals surface area contributed by atoms with Gasteiger partial charge in [0, 0.05) is 17.2 Å². The first-order valence-corrected chi connectivity index (χ1v) is 6.88. The summed E-state index contributed by atoms with van der Waals surface area (Å²) in [7, 11) is 0. The fourth-order valence-electron chi connectivity index (χ4n) is 1.74. The molecule has 0 spiro atoms. The van der Waals surface area contributed by atoms with Crippen molar-refractivity contribution in [3.63, 3.8) is 0 Å². The van der Waals surface area contributed by atoms with Gasteiger partial charge in [0.15, 0.2) is 0 Å². The van der Waals surface area contributed by atoms with Crippen molar-refractivity contribution >= 4 is 22.7 Å². The van der Waals surface area contributed by atoms with Gasteiger partial charge in [-0.25, -0.2) is 4.98 Å². The number of nitrogens with zero attached hydrogens (tertiary/aromatic N) is 1. The molecule has 1 heterocycles. The molecule has 2 rings (SSSR count). The van der Waals surface area contributed by atoms with E-state index < -0.39 is 0 Å². The van der Waals surface area contributed by atoms with Gasteiger partial charge in [0.1, 0.15) is 0 Å². The van der Waals surface area contributed by atoms with Crippen molar-refractivity contribution < 1.29 is 0 Å². The summed E-state index contributed by atoms with van der Waals surface area (Å²) in [5, 5.41) is 2.84. The number of fused-ring (bicyclic) bond motifs is 1. The van der Waals surface area contributed by atoms with Crippen LogP contribution >= 0.6 is 11.8 Å². The molecule has 0 radical (unpaired) electrons. The van der Waals surface area contributed by atoms with E-state index in [4.69, 9.17) is 5.73 Å². The van der Waals surface area contributed by atoms with Gasteiger partial charge in [-0.15, -0.1) is 11.8 Å². The standard InChI is InChI=1S/C14H18N2S/c1-3-10(2)17-14-8-11(9-15)12-6-4-5-7-13(12)16-14/h4-8,10H,3,9,15H2,1-2H3. The smallest absolute Gasteiger partial charge is 0.0973 e. The second-order valence-electron chi connectivity index (χ2n) is 4.18. The molecule has 2 aromatic rings. The minimum Gasteiger partial charge on any atom is -0.326 e. The van der Waals surface area contributed by atoms with Crippen molar-refractivity contribution in [3.05, 3.63) is 35.9 Å². The highest BCUT2D eigenvalue weighted by Crippen LogP contribution is 2.27. The number of aromatic nitrogens is 1. The molecule has 1 atom stereocenters. The number of benzene rings is 1. The lowest BCUT2D eigenvalue weighted by Gasteiger charge is -2.10. The SMILES string of the molecule is CCC(C)Sc1cc(CN)c2ccccc2n1. The van der Waals surface area contributed by atoms with Gasteiger partial charge in [-0.05, 0) is 24.1 Å². The average molecular weight is 246 g/mol. The molecule has 1 unspecified atom stereocenters. The van der Waals surface area contributed by atoms with E-state index in [0.29, 0.717) is 11.8 Å². The fraction of sp³-hybridized carbons (Fsp3) is 0.357. The molecule has 0 fully saturated rings. The topological polar surface area (TPSA) is 38.9 Å². The lowest BCUT2D eigenvalue weighted by molar-refractivity contribution is 0.901. The number of hydrogen-bond acceptors (Lipinski definition) is 3. The molecule has 0 saturated heterocycles. The van der Waals surface area contributed by atoms with Gasteiger partial charge in [-0.1, -0.05) is 32.0 Å². The summed E-state index contributed by atoms with van der Waals surface area (Å²) in [5.74, 6) is 0. The molecule has 1 aromatic carbocycles. The van der Waals surface area contributed by atoms with Gasteiger partial charge in [-0.2, -0.15) is 0 Å². The minimum absolute atomic E-state index is 0.567. The summed E-state index contributed by atoms with van der Waals surface area (Å²) < 4.78 is 0. The number of thioether (sulfide) groups is 1. The van der Waals surface area contributed by atoms with Crippen LogP contribution in [-0.2, 0) is 6.54 Å². The molecule has 0 saturated carbocycles. The Morgan fingerprint density at radius 3 is 2.82 bits per heavy atom. The lowest BCUT2D eigenvalue weighted by atomic mass is 10.1. The van der Waals surface area contributed by atoms with Gasteiger partial charge in [-0.3, -0.25) is 0 Å². The Balaban J connectivity index is 2.45. The molecule has 1 aromatic heterocycles. The van der Waals surface area contributed by atoms with Crippen molar-refractivity contribution in [2.75, 3.05) is 0 Å². The van der Waals surface area contributed by atoms with E-state index in [2.05, 4.69) is 37.0 Å². The molecule has 0 aliphatic rings. The van der Waals surface area contributed by atoms with Crippen LogP contribution < -0.4 is 5.73 Å². The second-order valence-corrected chi connectivity index (χ2v) is 5.64. The molecular weight excluding hydrogens is 228 g/mol. The monoisotopic (exact) mass is 246 g/mol. The fourth-order valence-corrected chi connectivity index (χ4v) is 2.68. The number of para-hydroxylation sites is 1. The Morgan fingerprint density at radius 2 is 2.12 bits per heavy atom. The zero-order valence-electron chi connectivity index (χ0n) is 10.3. The van der Waals surface area contributed by atoms with Crippen LogP contribution in [-0.4, -0.2) is 10.2 Å². The van der Waals surface area contributed by atoms with Crippen molar-refractivity contribution in [2.45, 2.75) is 37.1 Å². The van der Waals surface area contributed by atoms with E-state index in [1.165, 1.54) is 10.9 Å². The van der Waals surface area contributed by atoms with Crippen LogP contribution in [0, 0.1) is 0 Å². The van der Waals surface area contributed by atoms with Crippen molar-refractivity contribution in [3.8, 4) is 0 Å². The summed E-state index contributed by atoms with van der Waals surface area (Å²) in [6.45, 7) is 4.99. The number of nitrogens with two attached hydrogens (primary N) is 1. The maximum absolute atomic E-state index is 5.81. The van der Waals surface area contributed by atoms with E-state index in [1.54, 1.807) is 0 Å². The number of hydrogen-bond donors (Lipinski definition) is 1. The molecule has 17 heavy (non-hydrogen) atoms. The summed E-state index contributed by atoms with van der Waals surface area (Å²) in [4.78, 5) is 4.68. The second kappa shape index (κ2) is 5.52. The quantitative estimate of drug-likeness (QED) is 0.838. The van der Waals surface area contributed by atoms with E-state index in [1.807, 2.05) is 23.9 Å². The van der Waals surface area contributed by atoms with Gasteiger partial charge >= 0.3 is 0 Å². The van der Waals surface area contributed by atoms with Crippen molar-refractivity contribution in [1.29, 1.82) is 0 Å². The van der Waals surface area contributed by atoms with Gasteiger partial charge in [0.05, 0.1) is 10.5 Å². The maximum Gasteiger partial charge on any atom is 0.0973 e. The first-order valence-electron chi connectivity index (χ1n) is 6.00. The zero-order valence-corrected chi connectivity index (χ0v) is 11.1. The largest absolute Gasteiger partial charge is 0.326 e. The summed E-state index contributed by atoms with van der Waals surface area (Å²) in [6.07, 6.45) is 1.15. The first-order chi connectivity index (χ1) is 8.24. The molecule has 0 aliphatic carbocycles. The number of rotatable bonds is 4. The molecular formula is C14H18N2S. The Hall–Kier alpha value is -1.06. The van der Waals surface area contributed by atoms with Crippen molar-refractivity contribution in [2.24, 2.45) is 5.73 Å². The molecule has 90 valence electrons. The highest BCUT2D eigenvalue weighted by Gasteiger charge is 2.07. The molecule has 0 amide bonds. The van der Waals surface area contributed by atoms with E-state index in [-0.39, 0.29) is 0 Å². The van der Waals surface area contributed by atoms with Gasteiger partial charge in [0.2, 0.25) is 0 Å². The third-order valence-corrected chi connectivity index (χ3v) is 4.08. The van der Waals surface area contributed by atoms with Crippen LogP contribution in [0.3, 0.4) is 0 Å². The lowest BCUT2D eigenvalue weighted by Crippen LogP contribution is -2.00. The predicted molar refractivity (Wildman–Crippen MR) is 75.2 cm³/mol. The number of pyridine rings is 1. The molecule has 0 bridgehead atoms. The van der Waals surface area contributed by atoms with Crippen LogP contribution in [0.4, 0.5) is 0 Å². The normalized spacial score (nSPS) is 12.9. The zero-order chi connectivity index (χ0) is 12.3. The highest BCUT2D eigenvalue weighted by molar-refractivity contribution is 7.99. The third kappa shape index (κ3) is 2.79. The van der Waals surface area contributed by atoms with Crippen LogP contribution in [0.5, 0.6) is 0 Å². The average Bonchev–Trinajstić information content (AvgIpc) is 2.37. The first kappa shape index (κ1) is 12.4. The predicted octanol–water partition coefficient (Wildman–Crippen LogP) is 3.58.